The quantitative estimate of drug-likeness (QED) is 0.377. The van der Waals surface area contributed by atoms with Gasteiger partial charge in [-0.2, -0.15) is 0 Å². The SMILES string of the molecule is CC[C@@H](C(=O)NC)N(Cc1cccc(OC)c1)C(=O)CN(c1ccc(C)cc1)S(=O)(=O)c1ccc(Cl)cc1. The Bertz CT molecular complexity index is 1360. The lowest BCUT2D eigenvalue weighted by atomic mass is 10.1. The summed E-state index contributed by atoms with van der Waals surface area (Å²) in [7, 11) is -1.10. The van der Waals surface area contributed by atoms with Crippen LogP contribution < -0.4 is 14.4 Å². The highest BCUT2D eigenvalue weighted by atomic mass is 35.5. The molecule has 38 heavy (non-hydrogen) atoms. The minimum atomic E-state index is -4.15. The standard InChI is InChI=1S/C28H32ClN3O5S/c1-5-26(28(34)30-3)31(18-21-7-6-8-24(17-21)37-4)27(33)19-32(23-13-9-20(2)10-14-23)38(35,36)25-15-11-22(29)12-16-25/h6-17,26H,5,18-19H2,1-4H3,(H,30,34)/t26-/m0/s1. The van der Waals surface area contributed by atoms with E-state index in [1.165, 1.54) is 36.2 Å². The summed E-state index contributed by atoms with van der Waals surface area (Å²) < 4.78 is 33.9. The van der Waals surface area contributed by atoms with Crippen LogP contribution in [0.25, 0.3) is 0 Å². The van der Waals surface area contributed by atoms with Gasteiger partial charge in [0.1, 0.15) is 18.3 Å². The lowest BCUT2D eigenvalue weighted by Crippen LogP contribution is -2.51. The average molecular weight is 558 g/mol. The van der Waals surface area contributed by atoms with E-state index in [4.69, 9.17) is 16.3 Å². The summed E-state index contributed by atoms with van der Waals surface area (Å²) in [4.78, 5) is 28.1. The van der Waals surface area contributed by atoms with Crippen LogP contribution in [-0.2, 0) is 26.2 Å². The summed E-state index contributed by atoms with van der Waals surface area (Å²) in [6.07, 6.45) is 0.337. The number of nitrogens with zero attached hydrogens (tertiary/aromatic N) is 2. The number of benzene rings is 3. The highest BCUT2D eigenvalue weighted by Gasteiger charge is 2.33. The summed E-state index contributed by atoms with van der Waals surface area (Å²) in [6.45, 7) is 3.27. The van der Waals surface area contributed by atoms with E-state index in [0.29, 0.717) is 22.9 Å². The Labute approximate surface area is 229 Å². The molecule has 1 N–H and O–H groups in total. The van der Waals surface area contributed by atoms with Gasteiger partial charge in [0.2, 0.25) is 11.8 Å². The first-order valence-electron chi connectivity index (χ1n) is 12.1. The molecule has 0 fully saturated rings. The predicted molar refractivity (Wildman–Crippen MR) is 149 cm³/mol. The average Bonchev–Trinajstić information content (AvgIpc) is 2.92. The third-order valence-corrected chi connectivity index (χ3v) is 8.16. The fourth-order valence-electron chi connectivity index (χ4n) is 4.03. The van der Waals surface area contributed by atoms with Gasteiger partial charge in [0.05, 0.1) is 17.7 Å². The van der Waals surface area contributed by atoms with Gasteiger partial charge in [0, 0.05) is 18.6 Å². The molecular weight excluding hydrogens is 526 g/mol. The van der Waals surface area contributed by atoms with Gasteiger partial charge in [0.15, 0.2) is 0 Å². The predicted octanol–water partition coefficient (Wildman–Crippen LogP) is 4.41. The first kappa shape index (κ1) is 29.0. The fraction of sp³-hybridized carbons (Fsp3) is 0.286. The lowest BCUT2D eigenvalue weighted by Gasteiger charge is -2.33. The number of aryl methyl sites for hydroxylation is 1. The number of rotatable bonds is 11. The molecule has 0 aliphatic heterocycles. The largest absolute Gasteiger partial charge is 0.497 e. The minimum absolute atomic E-state index is 0.00652. The minimum Gasteiger partial charge on any atom is -0.497 e. The van der Waals surface area contributed by atoms with E-state index in [1.807, 2.05) is 13.0 Å². The Morgan fingerprint density at radius 1 is 1.03 bits per heavy atom. The Kier molecular flexibility index (Phi) is 9.77. The van der Waals surface area contributed by atoms with E-state index in [1.54, 1.807) is 56.5 Å². The van der Waals surface area contributed by atoms with Crippen LogP contribution in [0.1, 0.15) is 24.5 Å². The van der Waals surface area contributed by atoms with Crippen LogP contribution in [-0.4, -0.2) is 51.9 Å². The number of methoxy groups -OCH3 is 1. The molecule has 3 aromatic rings. The maximum Gasteiger partial charge on any atom is 0.264 e. The molecule has 0 unspecified atom stereocenters. The number of ether oxygens (including phenoxy) is 1. The smallest absolute Gasteiger partial charge is 0.264 e. The molecular formula is C28H32ClN3O5S. The summed E-state index contributed by atoms with van der Waals surface area (Å²) in [5, 5.41) is 3.00. The second-order valence-corrected chi connectivity index (χ2v) is 11.0. The monoisotopic (exact) mass is 557 g/mol. The van der Waals surface area contributed by atoms with Crippen LogP contribution in [0.15, 0.2) is 77.7 Å². The molecule has 0 aliphatic rings. The number of halogens is 1. The van der Waals surface area contributed by atoms with Crippen molar-refractivity contribution in [2.24, 2.45) is 0 Å². The van der Waals surface area contributed by atoms with Gasteiger partial charge in [-0.15, -0.1) is 0 Å². The van der Waals surface area contributed by atoms with Crippen molar-refractivity contribution >= 4 is 39.1 Å². The van der Waals surface area contributed by atoms with Crippen LogP contribution in [0, 0.1) is 6.92 Å². The fourth-order valence-corrected chi connectivity index (χ4v) is 5.57. The zero-order chi connectivity index (χ0) is 27.9. The van der Waals surface area contributed by atoms with Gasteiger partial charge >= 0.3 is 0 Å². The molecule has 10 heteroatoms. The first-order valence-corrected chi connectivity index (χ1v) is 13.9. The van der Waals surface area contributed by atoms with E-state index >= 15 is 0 Å². The van der Waals surface area contributed by atoms with Crippen molar-refractivity contribution in [1.82, 2.24) is 10.2 Å². The van der Waals surface area contributed by atoms with Gasteiger partial charge in [-0.05, 0) is 67.4 Å². The first-order chi connectivity index (χ1) is 18.1. The van der Waals surface area contributed by atoms with Gasteiger partial charge in [-0.3, -0.25) is 13.9 Å². The summed E-state index contributed by atoms with van der Waals surface area (Å²) in [5.41, 5.74) is 2.00. The van der Waals surface area contributed by atoms with Gasteiger partial charge in [-0.1, -0.05) is 48.4 Å². The zero-order valence-electron chi connectivity index (χ0n) is 21.8. The molecule has 2 amide bonds. The third-order valence-electron chi connectivity index (χ3n) is 6.12. The second-order valence-electron chi connectivity index (χ2n) is 8.71. The van der Waals surface area contributed by atoms with E-state index in [2.05, 4.69) is 5.32 Å². The van der Waals surface area contributed by atoms with Gasteiger partial charge < -0.3 is 15.0 Å². The number of carbonyl (C=O) groups is 2. The Hall–Kier alpha value is -3.56. The van der Waals surface area contributed by atoms with E-state index < -0.39 is 28.5 Å². The molecule has 8 nitrogen and oxygen atoms in total. The molecule has 3 rings (SSSR count). The van der Waals surface area contributed by atoms with Gasteiger partial charge in [-0.25, -0.2) is 8.42 Å². The number of amides is 2. The summed E-state index contributed by atoms with van der Waals surface area (Å²) in [5.74, 6) is -0.262. The Balaban J connectivity index is 2.05. The molecule has 0 spiro atoms. The molecule has 202 valence electrons. The van der Waals surface area contributed by atoms with Crippen molar-refractivity contribution in [2.45, 2.75) is 37.8 Å². The molecule has 0 heterocycles. The molecule has 3 aromatic carbocycles. The van der Waals surface area contributed by atoms with E-state index in [9.17, 15) is 18.0 Å². The Morgan fingerprint density at radius 2 is 1.68 bits per heavy atom. The number of anilines is 1. The maximum absolute atomic E-state index is 13.9. The van der Waals surface area contributed by atoms with Crippen LogP contribution in [0.3, 0.4) is 0 Å². The second kappa shape index (κ2) is 12.8. The van der Waals surface area contributed by atoms with Crippen LogP contribution >= 0.6 is 11.6 Å². The summed E-state index contributed by atoms with van der Waals surface area (Å²) in [6, 6.07) is 19.0. The number of likely N-dealkylation sites (N-methyl/N-ethyl adjacent to an activating group) is 1. The highest BCUT2D eigenvalue weighted by molar-refractivity contribution is 7.92. The molecule has 0 radical (unpaired) electrons. The molecule has 0 bridgehead atoms. The van der Waals surface area contributed by atoms with E-state index in [-0.39, 0.29) is 17.3 Å². The van der Waals surface area contributed by atoms with Crippen molar-refractivity contribution in [3.05, 3.63) is 88.9 Å². The Morgan fingerprint density at radius 3 is 2.26 bits per heavy atom. The third kappa shape index (κ3) is 6.85. The highest BCUT2D eigenvalue weighted by Crippen LogP contribution is 2.26. The zero-order valence-corrected chi connectivity index (χ0v) is 23.4. The van der Waals surface area contributed by atoms with Crippen LogP contribution in [0.5, 0.6) is 5.75 Å². The number of sulfonamides is 1. The van der Waals surface area contributed by atoms with Crippen LogP contribution in [0.4, 0.5) is 5.69 Å². The van der Waals surface area contributed by atoms with Crippen molar-refractivity contribution in [3.8, 4) is 5.75 Å². The van der Waals surface area contributed by atoms with Gasteiger partial charge in [0.25, 0.3) is 10.0 Å². The number of hydrogen-bond donors (Lipinski definition) is 1. The van der Waals surface area contributed by atoms with Crippen molar-refractivity contribution in [1.29, 1.82) is 0 Å². The van der Waals surface area contributed by atoms with E-state index in [0.717, 1.165) is 15.4 Å². The summed E-state index contributed by atoms with van der Waals surface area (Å²) >= 11 is 5.98. The van der Waals surface area contributed by atoms with Crippen molar-refractivity contribution < 1.29 is 22.7 Å². The molecule has 0 saturated carbocycles. The topological polar surface area (TPSA) is 96.0 Å². The molecule has 0 saturated heterocycles. The lowest BCUT2D eigenvalue weighted by molar-refractivity contribution is -0.140. The number of hydrogen-bond acceptors (Lipinski definition) is 5. The van der Waals surface area contributed by atoms with Crippen LogP contribution in [0.2, 0.25) is 5.02 Å². The molecule has 1 atom stereocenters. The van der Waals surface area contributed by atoms with Crippen molar-refractivity contribution in [2.75, 3.05) is 25.0 Å². The normalized spacial score (nSPS) is 11.9. The van der Waals surface area contributed by atoms with Crippen molar-refractivity contribution in [3.63, 3.8) is 0 Å². The number of carbonyl (C=O) groups excluding carboxylic acids is 2. The number of nitrogens with one attached hydrogen (secondary N) is 1. The molecule has 0 aliphatic carbocycles. The maximum atomic E-state index is 13.9. The molecule has 0 aromatic heterocycles.